The van der Waals surface area contributed by atoms with Gasteiger partial charge in [0.15, 0.2) is 12.1 Å². The van der Waals surface area contributed by atoms with Crippen molar-refractivity contribution in [1.29, 1.82) is 0 Å². The molecule has 1 aliphatic heterocycles. The monoisotopic (exact) mass is 365 g/mol. The molecule has 0 aliphatic carbocycles. The minimum absolute atomic E-state index is 0.0141. The van der Waals surface area contributed by atoms with Gasteiger partial charge in [-0.15, -0.1) is 0 Å². The Hall–Kier alpha value is -1.72. The van der Waals surface area contributed by atoms with Crippen LogP contribution in [0.2, 0.25) is 5.02 Å². The van der Waals surface area contributed by atoms with E-state index < -0.39 is 0 Å². The maximum absolute atomic E-state index is 11.9. The minimum Gasteiger partial charge on any atom is -0.496 e. The zero-order chi connectivity index (χ0) is 17.7. The summed E-state index contributed by atoms with van der Waals surface area (Å²) in [5, 5.41) is 1.26. The number of nitrogens with zero attached hydrogens (tertiary/aromatic N) is 1. The second kappa shape index (κ2) is 8.40. The minimum atomic E-state index is -0.0141. The number of ether oxygens (including phenoxy) is 1. The summed E-state index contributed by atoms with van der Waals surface area (Å²) >= 11 is 7.42. The van der Waals surface area contributed by atoms with E-state index in [-0.39, 0.29) is 5.78 Å². The zero-order valence-corrected chi connectivity index (χ0v) is 15.5. The maximum atomic E-state index is 11.9. The van der Waals surface area contributed by atoms with Crippen molar-refractivity contribution in [1.82, 2.24) is 4.90 Å². The SMILES string of the molecule is CCCCN1C=C(C(C)=O)S/C1=C(\C=O)c1cc(Cl)ccc1OC. The summed E-state index contributed by atoms with van der Waals surface area (Å²) in [5.41, 5.74) is 1.10. The first-order valence-corrected chi connectivity index (χ1v) is 8.91. The summed E-state index contributed by atoms with van der Waals surface area (Å²) in [6.07, 6.45) is 4.60. The predicted molar refractivity (Wildman–Crippen MR) is 99.0 cm³/mol. The number of halogens is 1. The van der Waals surface area contributed by atoms with Gasteiger partial charge >= 0.3 is 0 Å². The Labute approximate surface area is 151 Å². The first kappa shape index (κ1) is 18.6. The smallest absolute Gasteiger partial charge is 0.168 e. The van der Waals surface area contributed by atoms with Crippen molar-refractivity contribution in [2.24, 2.45) is 0 Å². The fourth-order valence-corrected chi connectivity index (χ4v) is 3.61. The largest absolute Gasteiger partial charge is 0.496 e. The van der Waals surface area contributed by atoms with Crippen molar-refractivity contribution < 1.29 is 14.3 Å². The lowest BCUT2D eigenvalue weighted by Gasteiger charge is -2.20. The molecule has 1 aromatic carbocycles. The molecule has 0 spiro atoms. The highest BCUT2D eigenvalue weighted by Gasteiger charge is 2.26. The van der Waals surface area contributed by atoms with Crippen molar-refractivity contribution in [2.75, 3.05) is 13.7 Å². The molecule has 6 heteroatoms. The van der Waals surface area contributed by atoms with Crippen molar-refractivity contribution in [2.45, 2.75) is 26.7 Å². The predicted octanol–water partition coefficient (Wildman–Crippen LogP) is 4.50. The normalized spacial score (nSPS) is 16.0. The number of benzene rings is 1. The van der Waals surface area contributed by atoms with Crippen molar-refractivity contribution in [3.05, 3.63) is 44.9 Å². The molecule has 1 heterocycles. The van der Waals surface area contributed by atoms with Gasteiger partial charge in [-0.25, -0.2) is 0 Å². The van der Waals surface area contributed by atoms with E-state index in [4.69, 9.17) is 16.3 Å². The van der Waals surface area contributed by atoms with Gasteiger partial charge in [0.2, 0.25) is 0 Å². The topological polar surface area (TPSA) is 46.6 Å². The van der Waals surface area contributed by atoms with E-state index in [0.717, 1.165) is 30.7 Å². The van der Waals surface area contributed by atoms with Gasteiger partial charge in [0.05, 0.1) is 22.6 Å². The summed E-state index contributed by atoms with van der Waals surface area (Å²) in [5.74, 6) is 0.557. The first-order valence-electron chi connectivity index (χ1n) is 7.72. The molecule has 1 aromatic rings. The average Bonchev–Trinajstić information content (AvgIpc) is 2.98. The third-order valence-corrected chi connectivity index (χ3v) is 5.14. The molecule has 0 amide bonds. The number of hydrogen-bond donors (Lipinski definition) is 0. The van der Waals surface area contributed by atoms with Crippen molar-refractivity contribution in [3.8, 4) is 5.75 Å². The summed E-state index contributed by atoms with van der Waals surface area (Å²) in [7, 11) is 1.55. The third-order valence-electron chi connectivity index (χ3n) is 3.64. The average molecular weight is 366 g/mol. The standard InChI is InChI=1S/C18H20ClNO3S/c1-4-5-8-20-10-17(12(2)22)24-18(20)15(11-21)14-9-13(19)6-7-16(14)23-3/h6-7,9-11H,4-5,8H2,1-3H3/b18-15+. The molecule has 0 fully saturated rings. The Bertz CT molecular complexity index is 712. The van der Waals surface area contributed by atoms with Gasteiger partial charge in [0.1, 0.15) is 5.75 Å². The number of hydrogen-bond acceptors (Lipinski definition) is 5. The van der Waals surface area contributed by atoms with Crippen LogP contribution in [0.15, 0.2) is 34.3 Å². The van der Waals surface area contributed by atoms with Crippen LogP contribution in [0.4, 0.5) is 0 Å². The quantitative estimate of drug-likeness (QED) is 0.526. The van der Waals surface area contributed by atoms with Crippen LogP contribution in [-0.4, -0.2) is 30.6 Å². The van der Waals surface area contributed by atoms with Crippen LogP contribution in [0.1, 0.15) is 32.3 Å². The molecule has 1 aliphatic rings. The lowest BCUT2D eigenvalue weighted by molar-refractivity contribution is -0.113. The van der Waals surface area contributed by atoms with Crippen LogP contribution < -0.4 is 4.74 Å². The number of Topliss-reactive ketones (excluding diaryl/α,β-unsaturated/α-hetero) is 1. The van der Waals surface area contributed by atoms with E-state index in [1.54, 1.807) is 25.3 Å². The van der Waals surface area contributed by atoms with Crippen LogP contribution in [0, 0.1) is 0 Å². The number of ketones is 1. The molecule has 0 unspecified atom stereocenters. The number of aldehydes is 1. The van der Waals surface area contributed by atoms with Gasteiger partial charge in [0.25, 0.3) is 0 Å². The molecule has 0 bridgehead atoms. The van der Waals surface area contributed by atoms with Crippen molar-refractivity contribution >= 4 is 41.0 Å². The number of unbranched alkanes of at least 4 members (excludes halogenated alkanes) is 1. The van der Waals surface area contributed by atoms with Crippen molar-refractivity contribution in [3.63, 3.8) is 0 Å². The second-order valence-corrected chi connectivity index (χ2v) is 6.85. The number of rotatable bonds is 7. The molecule has 24 heavy (non-hydrogen) atoms. The Kier molecular flexibility index (Phi) is 6.52. The van der Waals surface area contributed by atoms with E-state index in [1.807, 2.05) is 11.1 Å². The first-order chi connectivity index (χ1) is 11.5. The number of carbonyl (C=O) groups is 2. The fourth-order valence-electron chi connectivity index (χ4n) is 2.38. The van der Waals surface area contributed by atoms with E-state index >= 15 is 0 Å². The molecule has 0 atom stereocenters. The number of carbonyl (C=O) groups excluding carboxylic acids is 2. The summed E-state index contributed by atoms with van der Waals surface area (Å²) in [6.45, 7) is 4.37. The summed E-state index contributed by atoms with van der Waals surface area (Å²) < 4.78 is 5.37. The summed E-state index contributed by atoms with van der Waals surface area (Å²) in [4.78, 5) is 26.2. The molecule has 0 saturated heterocycles. The van der Waals surface area contributed by atoms with Gasteiger partial charge in [-0.2, -0.15) is 0 Å². The van der Waals surface area contributed by atoms with Gasteiger partial charge in [-0.3, -0.25) is 9.59 Å². The zero-order valence-electron chi connectivity index (χ0n) is 14.0. The molecule has 0 saturated carbocycles. The molecular weight excluding hydrogens is 346 g/mol. The van der Waals surface area contributed by atoms with E-state index in [9.17, 15) is 9.59 Å². The molecular formula is C18H20ClNO3S. The van der Waals surface area contributed by atoms with Gasteiger partial charge in [0, 0.05) is 23.3 Å². The molecule has 128 valence electrons. The maximum Gasteiger partial charge on any atom is 0.168 e. The number of thioether (sulfide) groups is 1. The van der Waals surface area contributed by atoms with Gasteiger partial charge < -0.3 is 9.64 Å². The molecule has 2 rings (SSSR count). The highest BCUT2D eigenvalue weighted by Crippen LogP contribution is 2.42. The van der Waals surface area contributed by atoms with Crippen LogP contribution in [0.5, 0.6) is 5.75 Å². The molecule has 0 aromatic heterocycles. The lowest BCUT2D eigenvalue weighted by atomic mass is 10.1. The van der Waals surface area contributed by atoms with E-state index in [0.29, 0.717) is 26.8 Å². The lowest BCUT2D eigenvalue weighted by Crippen LogP contribution is -2.15. The van der Waals surface area contributed by atoms with Gasteiger partial charge in [-0.05, 0) is 31.5 Å². The Balaban J connectivity index is 2.54. The van der Waals surface area contributed by atoms with E-state index in [1.165, 1.54) is 18.7 Å². The molecule has 0 N–H and O–H groups in total. The highest BCUT2D eigenvalue weighted by atomic mass is 35.5. The molecule has 0 radical (unpaired) electrons. The van der Waals surface area contributed by atoms with Crippen LogP contribution in [-0.2, 0) is 9.59 Å². The highest BCUT2D eigenvalue weighted by molar-refractivity contribution is 8.08. The Morgan fingerprint density at radius 3 is 2.75 bits per heavy atom. The molecule has 4 nitrogen and oxygen atoms in total. The number of allylic oxidation sites excluding steroid dienone is 2. The van der Waals surface area contributed by atoms with Crippen LogP contribution in [0.25, 0.3) is 5.57 Å². The van der Waals surface area contributed by atoms with Gasteiger partial charge in [-0.1, -0.05) is 36.7 Å². The fraction of sp³-hybridized carbons (Fsp3) is 0.333. The van der Waals surface area contributed by atoms with Crippen LogP contribution >= 0.6 is 23.4 Å². The Morgan fingerprint density at radius 1 is 1.42 bits per heavy atom. The second-order valence-electron chi connectivity index (χ2n) is 5.38. The third kappa shape index (κ3) is 4.02. The Morgan fingerprint density at radius 2 is 2.17 bits per heavy atom. The van der Waals surface area contributed by atoms with Crippen LogP contribution in [0.3, 0.4) is 0 Å². The number of methoxy groups -OCH3 is 1. The van der Waals surface area contributed by atoms with E-state index in [2.05, 4.69) is 6.92 Å². The summed E-state index contributed by atoms with van der Waals surface area (Å²) in [6, 6.07) is 5.16.